The van der Waals surface area contributed by atoms with Gasteiger partial charge in [-0.1, -0.05) is 0 Å². The number of alkyl halides is 3. The molecule has 0 spiro atoms. The number of carboxylic acid groups (broad SMARTS) is 1. The van der Waals surface area contributed by atoms with Crippen molar-refractivity contribution in [2.75, 3.05) is 0 Å². The highest BCUT2D eigenvalue weighted by molar-refractivity contribution is 6.04. The Morgan fingerprint density at radius 2 is 1.86 bits per heavy atom. The standard InChI is InChI=1S/C19H11F3N2O5/c20-19(21,22)29-11-3-1-9-5-15(17(23)25)24(14(9)7-11)10-2-4-16-12(6-10)13(8-28-16)18(26)27/h1-8H,(H2,23,25)(H,26,27). The predicted molar refractivity (Wildman–Crippen MR) is 95.2 cm³/mol. The van der Waals surface area contributed by atoms with Crippen molar-refractivity contribution < 1.29 is 37.0 Å². The van der Waals surface area contributed by atoms with E-state index in [0.717, 1.165) is 18.4 Å². The van der Waals surface area contributed by atoms with Gasteiger partial charge in [0.1, 0.15) is 28.9 Å². The van der Waals surface area contributed by atoms with Gasteiger partial charge in [0.2, 0.25) is 0 Å². The highest BCUT2D eigenvalue weighted by atomic mass is 19.4. The SMILES string of the molecule is NC(=O)c1cc2ccc(OC(F)(F)F)cc2n1-c1ccc2occ(C(=O)O)c2c1. The van der Waals surface area contributed by atoms with Crippen molar-refractivity contribution in [1.29, 1.82) is 0 Å². The van der Waals surface area contributed by atoms with Crippen molar-refractivity contribution in [2.24, 2.45) is 5.73 Å². The number of furan rings is 1. The van der Waals surface area contributed by atoms with E-state index in [1.165, 1.54) is 34.9 Å². The van der Waals surface area contributed by atoms with Gasteiger partial charge in [0.05, 0.1) is 5.52 Å². The van der Waals surface area contributed by atoms with E-state index >= 15 is 0 Å². The summed E-state index contributed by atoms with van der Waals surface area (Å²) in [7, 11) is 0. The molecule has 7 nitrogen and oxygen atoms in total. The third-order valence-corrected chi connectivity index (χ3v) is 4.31. The molecule has 10 heteroatoms. The smallest absolute Gasteiger partial charge is 0.478 e. The van der Waals surface area contributed by atoms with Crippen LogP contribution in [0.2, 0.25) is 0 Å². The van der Waals surface area contributed by atoms with Crippen LogP contribution in [0.3, 0.4) is 0 Å². The first kappa shape index (κ1) is 18.4. The average Bonchev–Trinajstić information content (AvgIpc) is 3.20. The van der Waals surface area contributed by atoms with Gasteiger partial charge in [0, 0.05) is 22.5 Å². The molecule has 4 aromatic rings. The van der Waals surface area contributed by atoms with E-state index in [-0.39, 0.29) is 22.2 Å². The summed E-state index contributed by atoms with van der Waals surface area (Å²) >= 11 is 0. The molecule has 0 fully saturated rings. The molecule has 0 saturated heterocycles. The van der Waals surface area contributed by atoms with Crippen molar-refractivity contribution in [3.63, 3.8) is 0 Å². The fraction of sp³-hybridized carbons (Fsp3) is 0.0526. The van der Waals surface area contributed by atoms with Crippen molar-refractivity contribution in [1.82, 2.24) is 4.57 Å². The van der Waals surface area contributed by atoms with Crippen LogP contribution in [0.4, 0.5) is 13.2 Å². The molecule has 2 aromatic carbocycles. The van der Waals surface area contributed by atoms with Crippen LogP contribution >= 0.6 is 0 Å². The Morgan fingerprint density at radius 3 is 2.52 bits per heavy atom. The average molecular weight is 404 g/mol. The van der Waals surface area contributed by atoms with E-state index in [1.807, 2.05) is 0 Å². The Hall–Kier alpha value is -3.95. The number of hydrogen-bond acceptors (Lipinski definition) is 4. The quantitative estimate of drug-likeness (QED) is 0.533. The van der Waals surface area contributed by atoms with Crippen LogP contribution in [0.1, 0.15) is 20.8 Å². The number of amides is 1. The molecule has 4 rings (SSSR count). The van der Waals surface area contributed by atoms with Crippen LogP contribution < -0.4 is 10.5 Å². The summed E-state index contributed by atoms with van der Waals surface area (Å²) in [6.07, 6.45) is -3.81. The molecule has 148 valence electrons. The second-order valence-corrected chi connectivity index (χ2v) is 6.13. The number of fused-ring (bicyclic) bond motifs is 2. The zero-order chi connectivity index (χ0) is 20.9. The molecule has 0 aliphatic rings. The molecular weight excluding hydrogens is 393 g/mol. The predicted octanol–water partition coefficient (Wildman–Crippen LogP) is 4.07. The molecule has 0 unspecified atom stereocenters. The maximum absolute atomic E-state index is 12.6. The van der Waals surface area contributed by atoms with E-state index in [4.69, 9.17) is 10.2 Å². The summed E-state index contributed by atoms with van der Waals surface area (Å²) < 4.78 is 48.2. The maximum Gasteiger partial charge on any atom is 0.573 e. The molecule has 2 heterocycles. The number of nitrogens with two attached hydrogens (primary N) is 1. The molecule has 0 bridgehead atoms. The fourth-order valence-electron chi connectivity index (χ4n) is 3.16. The zero-order valence-electron chi connectivity index (χ0n) is 14.4. The second-order valence-electron chi connectivity index (χ2n) is 6.13. The van der Waals surface area contributed by atoms with Crippen molar-refractivity contribution >= 4 is 33.7 Å². The highest BCUT2D eigenvalue weighted by Gasteiger charge is 2.31. The first-order valence-electron chi connectivity index (χ1n) is 8.10. The third kappa shape index (κ3) is 3.24. The molecule has 1 amide bonds. The minimum atomic E-state index is -4.89. The lowest BCUT2D eigenvalue weighted by molar-refractivity contribution is -0.274. The maximum atomic E-state index is 12.6. The number of carbonyl (C=O) groups is 2. The number of aromatic carboxylic acids is 1. The Bertz CT molecular complexity index is 1290. The van der Waals surface area contributed by atoms with Gasteiger partial charge in [-0.25, -0.2) is 4.79 Å². The first-order chi connectivity index (χ1) is 13.6. The van der Waals surface area contributed by atoms with E-state index in [0.29, 0.717) is 16.7 Å². The number of benzene rings is 2. The number of ether oxygens (including phenoxy) is 1. The molecule has 29 heavy (non-hydrogen) atoms. The topological polar surface area (TPSA) is 108 Å². The van der Waals surface area contributed by atoms with Gasteiger partial charge in [-0.05, 0) is 36.4 Å². The van der Waals surface area contributed by atoms with Crippen LogP contribution in [-0.2, 0) is 0 Å². The Morgan fingerprint density at radius 1 is 1.10 bits per heavy atom. The number of halogens is 3. The van der Waals surface area contributed by atoms with Crippen molar-refractivity contribution in [2.45, 2.75) is 6.36 Å². The molecular formula is C19H11F3N2O5. The van der Waals surface area contributed by atoms with E-state index in [9.17, 15) is 27.9 Å². The first-order valence-corrected chi connectivity index (χ1v) is 8.10. The Labute approximate surface area is 159 Å². The number of carboxylic acids is 1. The van der Waals surface area contributed by atoms with Crippen LogP contribution in [0.25, 0.3) is 27.6 Å². The van der Waals surface area contributed by atoms with Gasteiger partial charge in [-0.2, -0.15) is 0 Å². The lowest BCUT2D eigenvalue weighted by Crippen LogP contribution is -2.17. The normalized spacial score (nSPS) is 11.8. The van der Waals surface area contributed by atoms with Crippen LogP contribution in [-0.4, -0.2) is 27.9 Å². The fourth-order valence-corrected chi connectivity index (χ4v) is 3.16. The Balaban J connectivity index is 1.98. The number of nitrogens with zero attached hydrogens (tertiary/aromatic N) is 1. The van der Waals surface area contributed by atoms with Gasteiger partial charge < -0.3 is 24.6 Å². The molecule has 0 atom stereocenters. The third-order valence-electron chi connectivity index (χ3n) is 4.31. The van der Waals surface area contributed by atoms with E-state index in [2.05, 4.69) is 4.74 Å². The van der Waals surface area contributed by atoms with Gasteiger partial charge in [0.25, 0.3) is 5.91 Å². The molecule has 0 radical (unpaired) electrons. The summed E-state index contributed by atoms with van der Waals surface area (Å²) in [5, 5.41) is 9.99. The van der Waals surface area contributed by atoms with Gasteiger partial charge in [-0.15, -0.1) is 13.2 Å². The Kier molecular flexibility index (Phi) is 4.00. The number of aromatic nitrogens is 1. The highest BCUT2D eigenvalue weighted by Crippen LogP contribution is 2.32. The van der Waals surface area contributed by atoms with Gasteiger partial charge in [0.15, 0.2) is 0 Å². The summed E-state index contributed by atoms with van der Waals surface area (Å²) in [4.78, 5) is 23.3. The number of carbonyl (C=O) groups excluding carboxylic acids is 1. The minimum absolute atomic E-state index is 0.00359. The summed E-state index contributed by atoms with van der Waals surface area (Å²) in [5.74, 6) is -2.50. The summed E-state index contributed by atoms with van der Waals surface area (Å²) in [6, 6.07) is 9.49. The van der Waals surface area contributed by atoms with Crippen LogP contribution in [0.15, 0.2) is 53.1 Å². The monoisotopic (exact) mass is 404 g/mol. The zero-order valence-corrected chi connectivity index (χ0v) is 14.4. The largest absolute Gasteiger partial charge is 0.573 e. The summed E-state index contributed by atoms with van der Waals surface area (Å²) in [5.41, 5.74) is 6.18. The number of rotatable bonds is 4. The van der Waals surface area contributed by atoms with E-state index in [1.54, 1.807) is 0 Å². The lowest BCUT2D eigenvalue weighted by atomic mass is 10.1. The summed E-state index contributed by atoms with van der Waals surface area (Å²) in [6.45, 7) is 0. The number of hydrogen-bond donors (Lipinski definition) is 2. The van der Waals surface area contributed by atoms with E-state index < -0.39 is 24.0 Å². The molecule has 2 aromatic heterocycles. The lowest BCUT2D eigenvalue weighted by Gasteiger charge is -2.12. The molecule has 0 aliphatic carbocycles. The minimum Gasteiger partial charge on any atom is -0.478 e. The van der Waals surface area contributed by atoms with Gasteiger partial charge in [-0.3, -0.25) is 4.79 Å². The second kappa shape index (κ2) is 6.30. The van der Waals surface area contributed by atoms with Gasteiger partial charge >= 0.3 is 12.3 Å². The van der Waals surface area contributed by atoms with Crippen LogP contribution in [0.5, 0.6) is 5.75 Å². The molecule has 3 N–H and O–H groups in total. The number of primary amides is 1. The molecule has 0 aliphatic heterocycles. The van der Waals surface area contributed by atoms with Crippen LogP contribution in [0, 0.1) is 0 Å². The van der Waals surface area contributed by atoms with Crippen molar-refractivity contribution in [3.05, 3.63) is 60.0 Å². The molecule has 0 saturated carbocycles. The van der Waals surface area contributed by atoms with Crippen molar-refractivity contribution in [3.8, 4) is 11.4 Å².